The molecule has 5 heteroatoms. The molecule has 142 valence electrons. The van der Waals surface area contributed by atoms with Gasteiger partial charge in [0.1, 0.15) is 12.3 Å². The monoisotopic (exact) mass is 382 g/mol. The van der Waals surface area contributed by atoms with Crippen LogP contribution in [-0.4, -0.2) is 42.8 Å². The van der Waals surface area contributed by atoms with Crippen molar-refractivity contribution in [3.05, 3.63) is 59.2 Å². The molecule has 0 radical (unpaired) electrons. The zero-order valence-corrected chi connectivity index (χ0v) is 16.8. The van der Waals surface area contributed by atoms with Gasteiger partial charge in [-0.25, -0.2) is 0 Å². The number of anilines is 1. The van der Waals surface area contributed by atoms with Crippen molar-refractivity contribution < 1.29 is 9.64 Å². The van der Waals surface area contributed by atoms with Gasteiger partial charge in [0.05, 0.1) is 32.8 Å². The minimum Gasteiger partial charge on any atom is -0.493 e. The minimum atomic E-state index is 0.829. The van der Waals surface area contributed by atoms with Gasteiger partial charge >= 0.3 is 0 Å². The molecule has 0 bridgehead atoms. The smallest absolute Gasteiger partial charge is 0.173 e. The van der Waals surface area contributed by atoms with Crippen LogP contribution in [0, 0.1) is 0 Å². The van der Waals surface area contributed by atoms with E-state index in [1.165, 1.54) is 16.7 Å². The number of ether oxygens (including phenoxy) is 1. The summed E-state index contributed by atoms with van der Waals surface area (Å²) in [4.78, 5) is 3.93. The van der Waals surface area contributed by atoms with Crippen LogP contribution in [0.3, 0.4) is 0 Å². The normalized spacial score (nSPS) is 16.7. The molecule has 2 aromatic rings. The fourth-order valence-electron chi connectivity index (χ4n) is 3.91. The molecular weight excluding hydrogens is 354 g/mol. The summed E-state index contributed by atoms with van der Waals surface area (Å²) in [6.07, 6.45) is 2.09. The quantitative estimate of drug-likeness (QED) is 0.794. The number of rotatable bonds is 4. The average Bonchev–Trinajstić information content (AvgIpc) is 3.16. The van der Waals surface area contributed by atoms with E-state index in [1.54, 1.807) is 4.90 Å². The number of nitrogens with one attached hydrogen (secondary N) is 2. The Hall–Kier alpha value is -2.11. The van der Waals surface area contributed by atoms with E-state index in [4.69, 9.17) is 17.0 Å². The van der Waals surface area contributed by atoms with E-state index in [9.17, 15) is 0 Å². The average molecular weight is 383 g/mol. The molecule has 4 nitrogen and oxygen atoms in total. The SMILES string of the molecule is CCc1cccc(NC(=S)N2CC[NH+](Cc3ccc4c(c3)CCO4)CC2)c1. The summed E-state index contributed by atoms with van der Waals surface area (Å²) in [7, 11) is 0. The second kappa shape index (κ2) is 8.28. The van der Waals surface area contributed by atoms with Crippen molar-refractivity contribution in [3.63, 3.8) is 0 Å². The van der Waals surface area contributed by atoms with E-state index in [0.717, 1.165) is 68.7 Å². The van der Waals surface area contributed by atoms with Gasteiger partial charge in [0.25, 0.3) is 0 Å². The van der Waals surface area contributed by atoms with Crippen molar-refractivity contribution in [2.24, 2.45) is 0 Å². The van der Waals surface area contributed by atoms with E-state index >= 15 is 0 Å². The number of quaternary nitrogens is 1. The molecule has 2 aromatic carbocycles. The predicted octanol–water partition coefficient (Wildman–Crippen LogP) is 2.28. The van der Waals surface area contributed by atoms with Crippen molar-refractivity contribution in [3.8, 4) is 5.75 Å². The van der Waals surface area contributed by atoms with Crippen LogP contribution in [0.1, 0.15) is 23.6 Å². The van der Waals surface area contributed by atoms with Gasteiger partial charge in [-0.15, -0.1) is 0 Å². The predicted molar refractivity (Wildman–Crippen MR) is 114 cm³/mol. The topological polar surface area (TPSA) is 28.9 Å². The van der Waals surface area contributed by atoms with Crippen LogP contribution < -0.4 is 15.0 Å². The van der Waals surface area contributed by atoms with Crippen molar-refractivity contribution in [2.75, 3.05) is 38.1 Å². The maximum absolute atomic E-state index is 5.65. The molecule has 2 aliphatic heterocycles. The zero-order valence-electron chi connectivity index (χ0n) is 16.0. The van der Waals surface area contributed by atoms with Crippen LogP contribution in [0.2, 0.25) is 0 Å². The third-order valence-electron chi connectivity index (χ3n) is 5.55. The van der Waals surface area contributed by atoms with Gasteiger partial charge in [-0.2, -0.15) is 0 Å². The Balaban J connectivity index is 1.28. The first kappa shape index (κ1) is 18.3. The molecule has 0 aromatic heterocycles. The first-order chi connectivity index (χ1) is 13.2. The Labute approximate surface area is 167 Å². The van der Waals surface area contributed by atoms with Crippen LogP contribution in [0.5, 0.6) is 5.75 Å². The van der Waals surface area contributed by atoms with Gasteiger partial charge in [0.15, 0.2) is 5.11 Å². The molecule has 0 spiro atoms. The minimum absolute atomic E-state index is 0.829. The lowest BCUT2D eigenvalue weighted by Crippen LogP contribution is -3.13. The van der Waals surface area contributed by atoms with E-state index in [-0.39, 0.29) is 0 Å². The summed E-state index contributed by atoms with van der Waals surface area (Å²) in [6.45, 7) is 8.32. The summed E-state index contributed by atoms with van der Waals surface area (Å²) >= 11 is 5.65. The van der Waals surface area contributed by atoms with Crippen molar-refractivity contribution in [1.82, 2.24) is 4.90 Å². The maximum atomic E-state index is 5.65. The van der Waals surface area contributed by atoms with Crippen LogP contribution in [-0.2, 0) is 19.4 Å². The van der Waals surface area contributed by atoms with Crippen molar-refractivity contribution >= 4 is 23.0 Å². The van der Waals surface area contributed by atoms with E-state index in [2.05, 4.69) is 59.6 Å². The number of aryl methyl sites for hydroxylation is 1. The van der Waals surface area contributed by atoms with Crippen molar-refractivity contribution in [1.29, 1.82) is 0 Å². The third kappa shape index (κ3) is 4.42. The molecule has 2 N–H and O–H groups in total. The molecule has 27 heavy (non-hydrogen) atoms. The second-order valence-electron chi connectivity index (χ2n) is 7.44. The number of benzene rings is 2. The summed E-state index contributed by atoms with van der Waals surface area (Å²) in [5.41, 5.74) is 5.20. The third-order valence-corrected chi connectivity index (χ3v) is 5.91. The number of nitrogens with zero attached hydrogens (tertiary/aromatic N) is 1. The fraction of sp³-hybridized carbons (Fsp3) is 0.409. The van der Waals surface area contributed by atoms with Crippen molar-refractivity contribution in [2.45, 2.75) is 26.3 Å². The Morgan fingerprint density at radius 2 is 2.00 bits per heavy atom. The highest BCUT2D eigenvalue weighted by Crippen LogP contribution is 2.25. The molecule has 2 aliphatic rings. The second-order valence-corrected chi connectivity index (χ2v) is 7.83. The Kier molecular flexibility index (Phi) is 5.60. The van der Waals surface area contributed by atoms with E-state index in [1.807, 2.05) is 0 Å². The molecule has 2 heterocycles. The fourth-order valence-corrected chi connectivity index (χ4v) is 4.21. The van der Waals surface area contributed by atoms with Crippen LogP contribution in [0.4, 0.5) is 5.69 Å². The summed E-state index contributed by atoms with van der Waals surface area (Å²) in [6, 6.07) is 15.2. The van der Waals surface area contributed by atoms with Crippen LogP contribution in [0.15, 0.2) is 42.5 Å². The van der Waals surface area contributed by atoms with E-state index in [0.29, 0.717) is 0 Å². The molecule has 0 amide bonds. The number of fused-ring (bicyclic) bond motifs is 1. The van der Waals surface area contributed by atoms with Crippen LogP contribution in [0.25, 0.3) is 0 Å². The highest BCUT2D eigenvalue weighted by Gasteiger charge is 2.22. The molecular formula is C22H28N3OS+. The summed E-state index contributed by atoms with van der Waals surface area (Å²) in [5, 5.41) is 4.26. The lowest BCUT2D eigenvalue weighted by molar-refractivity contribution is -0.917. The maximum Gasteiger partial charge on any atom is 0.173 e. The van der Waals surface area contributed by atoms with Gasteiger partial charge in [0.2, 0.25) is 0 Å². The summed E-state index contributed by atoms with van der Waals surface area (Å²) < 4.78 is 5.61. The molecule has 0 atom stereocenters. The Morgan fingerprint density at radius 1 is 1.15 bits per heavy atom. The van der Waals surface area contributed by atoms with Gasteiger partial charge < -0.3 is 19.9 Å². The van der Waals surface area contributed by atoms with Crippen LogP contribution >= 0.6 is 12.2 Å². The molecule has 0 unspecified atom stereocenters. The number of hydrogen-bond acceptors (Lipinski definition) is 2. The molecule has 0 saturated carbocycles. The van der Waals surface area contributed by atoms with Gasteiger partial charge in [-0.05, 0) is 60.1 Å². The van der Waals surface area contributed by atoms with Gasteiger partial charge in [-0.1, -0.05) is 19.1 Å². The molecule has 4 rings (SSSR count). The van der Waals surface area contributed by atoms with Gasteiger partial charge in [0, 0.05) is 17.7 Å². The lowest BCUT2D eigenvalue weighted by Gasteiger charge is -2.34. The molecule has 1 saturated heterocycles. The number of thiocarbonyl (C=S) groups is 1. The van der Waals surface area contributed by atoms with E-state index < -0.39 is 0 Å². The zero-order chi connectivity index (χ0) is 18.6. The number of piperazine rings is 1. The highest BCUT2D eigenvalue weighted by molar-refractivity contribution is 7.80. The lowest BCUT2D eigenvalue weighted by atomic mass is 10.1. The molecule has 1 fully saturated rings. The highest BCUT2D eigenvalue weighted by atomic mass is 32.1. The first-order valence-corrected chi connectivity index (χ1v) is 10.3. The molecule has 0 aliphatic carbocycles. The summed E-state index contributed by atoms with van der Waals surface area (Å²) in [5.74, 6) is 1.07. The largest absolute Gasteiger partial charge is 0.493 e. The number of hydrogen-bond donors (Lipinski definition) is 2. The Morgan fingerprint density at radius 3 is 2.81 bits per heavy atom. The first-order valence-electron chi connectivity index (χ1n) is 9.94. The Bertz CT molecular complexity index is 815. The standard InChI is InChI=1S/C22H27N3OS/c1-2-17-4-3-5-20(15-17)23-22(27)25-11-9-24(10-12-25)16-18-6-7-21-19(14-18)8-13-26-21/h3-7,14-15H,2,8-13,16H2,1H3,(H,23,27)/p+1. The van der Waals surface area contributed by atoms with Gasteiger partial charge in [-0.3, -0.25) is 0 Å².